The second-order valence-corrected chi connectivity index (χ2v) is 9.15. The Morgan fingerprint density at radius 3 is 2.85 bits per heavy atom. The van der Waals surface area contributed by atoms with Crippen molar-refractivity contribution in [3.63, 3.8) is 0 Å². The lowest BCUT2D eigenvalue weighted by Crippen LogP contribution is -2.29. The lowest BCUT2D eigenvalue weighted by molar-refractivity contribution is 0.102. The van der Waals surface area contributed by atoms with Gasteiger partial charge in [-0.3, -0.25) is 19.6 Å². The van der Waals surface area contributed by atoms with Gasteiger partial charge >= 0.3 is 0 Å². The minimum absolute atomic E-state index is 0.167. The highest BCUT2D eigenvalue weighted by Crippen LogP contribution is 2.27. The monoisotopic (exact) mass is 499 g/mol. The molecule has 11 heteroatoms. The van der Waals surface area contributed by atoms with E-state index in [0.717, 1.165) is 25.0 Å². The predicted molar refractivity (Wildman–Crippen MR) is 131 cm³/mol. The van der Waals surface area contributed by atoms with E-state index in [1.54, 1.807) is 24.4 Å². The number of ether oxygens (including phenoxy) is 1. The molecular weight excluding hydrogens is 477 g/mol. The number of halogens is 2. The molecule has 4 heterocycles. The summed E-state index contributed by atoms with van der Waals surface area (Å²) in [7, 11) is 2.13. The number of carbonyl (C=O) groups excluding carboxylic acids is 1. The van der Waals surface area contributed by atoms with Gasteiger partial charge in [0.25, 0.3) is 5.91 Å². The number of benzene rings is 1. The summed E-state index contributed by atoms with van der Waals surface area (Å²) in [5.74, 6) is 0.224. The average molecular weight is 500 g/mol. The Morgan fingerprint density at radius 1 is 1.26 bits per heavy atom. The highest BCUT2D eigenvalue weighted by molar-refractivity contribution is 6.35. The maximum absolute atomic E-state index is 13.0. The van der Waals surface area contributed by atoms with Gasteiger partial charge < -0.3 is 15.0 Å². The van der Waals surface area contributed by atoms with Crippen molar-refractivity contribution in [2.24, 2.45) is 0 Å². The van der Waals surface area contributed by atoms with Gasteiger partial charge in [0.1, 0.15) is 12.4 Å². The Kier molecular flexibility index (Phi) is 6.40. The van der Waals surface area contributed by atoms with E-state index >= 15 is 0 Å². The standard InChI is InChI=1S/C23H23Cl2N7O2/c1-31-6-2-3-15(31)12-32-11-14(8-27-32)28-23(33)22-17-7-16(4-5-21(17)29-30-22)34-13-18-19(24)9-26-10-20(18)25/h4-5,7-11,15H,2-3,6,12-13H2,1H3,(H,28,33)(H,29,30). The fraction of sp³-hybridized carbons (Fsp3) is 0.304. The second-order valence-electron chi connectivity index (χ2n) is 8.33. The SMILES string of the molecule is CN1CCCC1Cn1cc(NC(=O)c2n[nH]c3ccc(OCc4c(Cl)cncc4Cl)cc23)cn1. The molecule has 1 atom stereocenters. The van der Waals surface area contributed by atoms with Crippen molar-refractivity contribution in [2.75, 3.05) is 18.9 Å². The Labute approximate surface area is 206 Å². The molecule has 2 N–H and O–H groups in total. The Morgan fingerprint density at radius 2 is 2.09 bits per heavy atom. The van der Waals surface area contributed by atoms with E-state index in [4.69, 9.17) is 27.9 Å². The van der Waals surface area contributed by atoms with Crippen LogP contribution in [0, 0.1) is 0 Å². The summed E-state index contributed by atoms with van der Waals surface area (Å²) in [5, 5.41) is 15.9. The number of aromatic amines is 1. The van der Waals surface area contributed by atoms with Gasteiger partial charge in [0.15, 0.2) is 5.69 Å². The first-order valence-electron chi connectivity index (χ1n) is 10.9. The number of hydrogen-bond acceptors (Lipinski definition) is 6. The molecule has 1 aliphatic heterocycles. The summed E-state index contributed by atoms with van der Waals surface area (Å²) in [6.07, 6.45) is 8.88. The van der Waals surface area contributed by atoms with Gasteiger partial charge in [-0.1, -0.05) is 23.2 Å². The summed E-state index contributed by atoms with van der Waals surface area (Å²) < 4.78 is 7.74. The van der Waals surface area contributed by atoms with Crippen LogP contribution in [0.4, 0.5) is 5.69 Å². The third-order valence-corrected chi connectivity index (χ3v) is 6.70. The molecule has 0 bridgehead atoms. The van der Waals surface area contributed by atoms with Crippen molar-refractivity contribution in [1.29, 1.82) is 0 Å². The van der Waals surface area contributed by atoms with Crippen molar-refractivity contribution in [2.45, 2.75) is 32.0 Å². The number of anilines is 1. The minimum Gasteiger partial charge on any atom is -0.489 e. The summed E-state index contributed by atoms with van der Waals surface area (Å²) in [4.78, 5) is 19.2. The maximum Gasteiger partial charge on any atom is 0.276 e. The van der Waals surface area contributed by atoms with Crippen LogP contribution in [0.5, 0.6) is 5.75 Å². The Bertz CT molecular complexity index is 1320. The van der Waals surface area contributed by atoms with Crippen LogP contribution in [-0.2, 0) is 13.2 Å². The summed E-state index contributed by atoms with van der Waals surface area (Å²) >= 11 is 12.3. The average Bonchev–Trinajstić information content (AvgIpc) is 3.54. The number of hydrogen-bond donors (Lipinski definition) is 2. The lowest BCUT2D eigenvalue weighted by Gasteiger charge is -2.18. The van der Waals surface area contributed by atoms with Crippen LogP contribution in [0.3, 0.4) is 0 Å². The number of nitrogens with zero attached hydrogens (tertiary/aromatic N) is 5. The van der Waals surface area contributed by atoms with Gasteiger partial charge in [-0.15, -0.1) is 0 Å². The molecule has 0 aliphatic carbocycles. The highest BCUT2D eigenvalue weighted by Gasteiger charge is 2.22. The molecule has 1 aliphatic rings. The van der Waals surface area contributed by atoms with Gasteiger partial charge in [0, 0.05) is 35.6 Å². The molecule has 9 nitrogen and oxygen atoms in total. The van der Waals surface area contributed by atoms with Crippen LogP contribution in [0.1, 0.15) is 28.9 Å². The zero-order valence-electron chi connectivity index (χ0n) is 18.5. The van der Waals surface area contributed by atoms with Gasteiger partial charge in [0.2, 0.25) is 0 Å². The molecule has 4 aromatic rings. The van der Waals surface area contributed by atoms with Crippen molar-refractivity contribution in [1.82, 2.24) is 29.9 Å². The number of aromatic nitrogens is 5. The van der Waals surface area contributed by atoms with Crippen molar-refractivity contribution >= 4 is 45.7 Å². The van der Waals surface area contributed by atoms with E-state index in [1.165, 1.54) is 18.8 Å². The number of fused-ring (bicyclic) bond motifs is 1. The zero-order valence-corrected chi connectivity index (χ0v) is 20.0. The molecule has 1 aromatic carbocycles. The van der Waals surface area contributed by atoms with E-state index < -0.39 is 0 Å². The molecule has 1 amide bonds. The predicted octanol–water partition coefficient (Wildman–Crippen LogP) is 4.39. The second kappa shape index (κ2) is 9.61. The normalized spacial score (nSPS) is 16.3. The number of pyridine rings is 1. The lowest BCUT2D eigenvalue weighted by atomic mass is 10.2. The van der Waals surface area contributed by atoms with Crippen LogP contribution in [0.15, 0.2) is 43.0 Å². The van der Waals surface area contributed by atoms with E-state index in [2.05, 4.69) is 37.5 Å². The van der Waals surface area contributed by atoms with Crippen molar-refractivity contribution < 1.29 is 9.53 Å². The molecule has 0 spiro atoms. The zero-order chi connectivity index (χ0) is 23.7. The number of carbonyl (C=O) groups is 1. The summed E-state index contributed by atoms with van der Waals surface area (Å²) in [5.41, 5.74) is 2.25. The first-order valence-corrected chi connectivity index (χ1v) is 11.7. The van der Waals surface area contributed by atoms with Gasteiger partial charge in [0.05, 0.1) is 34.0 Å². The van der Waals surface area contributed by atoms with Crippen LogP contribution in [-0.4, -0.2) is 55.4 Å². The van der Waals surface area contributed by atoms with E-state index in [-0.39, 0.29) is 18.2 Å². The molecule has 1 fully saturated rings. The van der Waals surface area contributed by atoms with E-state index in [9.17, 15) is 4.79 Å². The topological polar surface area (TPSA) is 101 Å². The fourth-order valence-electron chi connectivity index (χ4n) is 4.13. The molecular formula is C23H23Cl2N7O2. The minimum atomic E-state index is -0.332. The van der Waals surface area contributed by atoms with Gasteiger partial charge in [-0.2, -0.15) is 10.2 Å². The van der Waals surface area contributed by atoms with Crippen molar-refractivity contribution in [3.05, 3.63) is 64.3 Å². The summed E-state index contributed by atoms with van der Waals surface area (Å²) in [6.45, 7) is 2.07. The third-order valence-electron chi connectivity index (χ3n) is 6.05. The quantitative estimate of drug-likeness (QED) is 0.391. The third kappa shape index (κ3) is 4.72. The number of nitrogens with one attached hydrogen (secondary N) is 2. The largest absolute Gasteiger partial charge is 0.489 e. The summed E-state index contributed by atoms with van der Waals surface area (Å²) in [6, 6.07) is 5.82. The van der Waals surface area contributed by atoms with E-state index in [1.807, 2.05) is 10.9 Å². The van der Waals surface area contributed by atoms with Crippen LogP contribution >= 0.6 is 23.2 Å². The first kappa shape index (κ1) is 22.6. The highest BCUT2D eigenvalue weighted by atomic mass is 35.5. The van der Waals surface area contributed by atoms with E-state index in [0.29, 0.717) is 38.5 Å². The van der Waals surface area contributed by atoms with Gasteiger partial charge in [-0.25, -0.2) is 0 Å². The van der Waals surface area contributed by atoms with Crippen LogP contribution in [0.2, 0.25) is 10.0 Å². The molecule has 34 heavy (non-hydrogen) atoms. The number of likely N-dealkylation sites (N-methyl/N-ethyl adjacent to an activating group) is 1. The van der Waals surface area contributed by atoms with Crippen LogP contribution < -0.4 is 10.1 Å². The molecule has 0 saturated carbocycles. The molecule has 5 rings (SSSR count). The van der Waals surface area contributed by atoms with Gasteiger partial charge in [-0.05, 0) is 44.6 Å². The number of amides is 1. The number of likely N-dealkylation sites (tertiary alicyclic amines) is 1. The number of H-pyrrole nitrogens is 1. The molecule has 1 saturated heterocycles. The molecule has 0 radical (unpaired) electrons. The molecule has 1 unspecified atom stereocenters. The number of rotatable bonds is 7. The first-order chi connectivity index (χ1) is 16.5. The molecule has 176 valence electrons. The Balaban J connectivity index is 1.28. The Hall–Kier alpha value is -3.14. The molecule has 3 aromatic heterocycles. The smallest absolute Gasteiger partial charge is 0.276 e. The maximum atomic E-state index is 13.0. The van der Waals surface area contributed by atoms with Crippen LogP contribution in [0.25, 0.3) is 10.9 Å². The van der Waals surface area contributed by atoms with Crippen molar-refractivity contribution in [3.8, 4) is 5.75 Å². The fourth-order valence-corrected chi connectivity index (χ4v) is 4.61.